The van der Waals surface area contributed by atoms with Crippen molar-refractivity contribution in [3.8, 4) is 0 Å². The Bertz CT molecular complexity index is 554. The zero-order valence-electron chi connectivity index (χ0n) is 30.4. The molecule has 0 saturated heterocycles. The Morgan fingerprint density at radius 1 is 0.341 bits per heavy atom. The molecule has 1 N–H and O–H groups in total. The maximum Gasteiger partial charge on any atom is 0.303 e. The second kappa shape index (κ2) is 40.2. The van der Waals surface area contributed by atoms with Gasteiger partial charge in [0.25, 0.3) is 0 Å². The first-order valence-electron chi connectivity index (χ1n) is 20.6. The van der Waals surface area contributed by atoms with Gasteiger partial charge in [0, 0.05) is 6.42 Å². The van der Waals surface area contributed by atoms with Crippen LogP contribution in [0.15, 0.2) is 12.2 Å². The number of carboxylic acid groups (broad SMARTS) is 1. The van der Waals surface area contributed by atoms with E-state index in [1.54, 1.807) is 0 Å². The minimum absolute atomic E-state index is 0.346. The molecule has 0 amide bonds. The second-order valence-electron chi connectivity index (χ2n) is 14.2. The van der Waals surface area contributed by atoms with Crippen LogP contribution in [-0.2, 0) is 4.79 Å². The van der Waals surface area contributed by atoms with Crippen molar-refractivity contribution in [2.45, 2.75) is 251 Å². The SMILES string of the molecule is CCCCCCCCCC/C=C\CCCCCCCCCCCCCCCCCCCCCCCCCCCCCC(=O)O. The van der Waals surface area contributed by atoms with Crippen LogP contribution < -0.4 is 0 Å². The fraction of sp³-hybridized carbons (Fsp3) is 0.929. The molecule has 0 radical (unpaired) electrons. The molecular weight excluding hydrogens is 536 g/mol. The lowest BCUT2D eigenvalue weighted by Crippen LogP contribution is -1.93. The van der Waals surface area contributed by atoms with E-state index >= 15 is 0 Å². The molecule has 0 fully saturated rings. The third-order valence-corrected chi connectivity index (χ3v) is 9.65. The summed E-state index contributed by atoms with van der Waals surface area (Å²) in [5.74, 6) is -0.648. The number of allylic oxidation sites excluding steroid dienone is 2. The Morgan fingerprint density at radius 2 is 0.545 bits per heavy atom. The van der Waals surface area contributed by atoms with E-state index in [1.807, 2.05) is 0 Å². The van der Waals surface area contributed by atoms with E-state index in [0.29, 0.717) is 6.42 Å². The van der Waals surface area contributed by atoms with Crippen molar-refractivity contribution < 1.29 is 9.90 Å². The summed E-state index contributed by atoms with van der Waals surface area (Å²) < 4.78 is 0. The minimum atomic E-state index is -0.648. The first-order valence-corrected chi connectivity index (χ1v) is 20.6. The highest BCUT2D eigenvalue weighted by Crippen LogP contribution is 2.17. The van der Waals surface area contributed by atoms with Crippen LogP contribution in [0.5, 0.6) is 0 Å². The molecule has 0 rings (SSSR count). The molecule has 2 heteroatoms. The standard InChI is InChI=1S/C42H82O2/c1-2-3-4-5-6-7-8-9-10-11-12-13-14-15-16-17-18-19-20-21-22-23-24-25-26-27-28-29-30-31-32-33-34-35-36-37-38-39-40-41-42(43)44/h11-12H,2-10,13-41H2,1H3,(H,43,44)/b12-11-. The van der Waals surface area contributed by atoms with Crippen molar-refractivity contribution in [2.24, 2.45) is 0 Å². The predicted molar refractivity (Wildman–Crippen MR) is 198 cm³/mol. The highest BCUT2D eigenvalue weighted by Gasteiger charge is 1.98. The van der Waals surface area contributed by atoms with Gasteiger partial charge in [-0.25, -0.2) is 0 Å². The lowest BCUT2D eigenvalue weighted by atomic mass is 10.0. The fourth-order valence-electron chi connectivity index (χ4n) is 6.59. The molecular formula is C42H82O2. The Morgan fingerprint density at radius 3 is 0.773 bits per heavy atom. The van der Waals surface area contributed by atoms with Crippen LogP contribution in [-0.4, -0.2) is 11.1 Å². The van der Waals surface area contributed by atoms with Crippen LogP contribution in [0.2, 0.25) is 0 Å². The first-order chi connectivity index (χ1) is 21.8. The largest absolute Gasteiger partial charge is 0.481 e. The van der Waals surface area contributed by atoms with Gasteiger partial charge in [0.05, 0.1) is 0 Å². The molecule has 0 saturated carbocycles. The molecule has 0 aromatic heterocycles. The molecule has 0 aliphatic heterocycles. The Hall–Kier alpha value is -0.790. The summed E-state index contributed by atoms with van der Waals surface area (Å²) in [6.45, 7) is 2.30. The first kappa shape index (κ1) is 43.2. The molecule has 2 nitrogen and oxygen atoms in total. The number of hydrogen-bond acceptors (Lipinski definition) is 1. The smallest absolute Gasteiger partial charge is 0.303 e. The van der Waals surface area contributed by atoms with Crippen LogP contribution in [0.3, 0.4) is 0 Å². The summed E-state index contributed by atoms with van der Waals surface area (Å²) in [5.41, 5.74) is 0. The van der Waals surface area contributed by atoms with E-state index in [0.717, 1.165) is 12.8 Å². The molecule has 0 aliphatic carbocycles. The molecule has 0 bridgehead atoms. The summed E-state index contributed by atoms with van der Waals surface area (Å²) in [7, 11) is 0. The van der Waals surface area contributed by atoms with Gasteiger partial charge in [-0.05, 0) is 32.1 Å². The van der Waals surface area contributed by atoms with Crippen LogP contribution >= 0.6 is 0 Å². The third-order valence-electron chi connectivity index (χ3n) is 9.65. The maximum atomic E-state index is 10.5. The van der Waals surface area contributed by atoms with E-state index in [2.05, 4.69) is 19.1 Å². The maximum absolute atomic E-state index is 10.5. The molecule has 0 aromatic rings. The summed E-state index contributed by atoms with van der Waals surface area (Å²) >= 11 is 0. The van der Waals surface area contributed by atoms with Gasteiger partial charge in [-0.15, -0.1) is 0 Å². The highest BCUT2D eigenvalue weighted by atomic mass is 16.4. The molecule has 44 heavy (non-hydrogen) atoms. The Kier molecular flexibility index (Phi) is 39.5. The summed E-state index contributed by atoms with van der Waals surface area (Å²) in [4.78, 5) is 10.5. The molecule has 0 aromatic carbocycles. The van der Waals surface area contributed by atoms with Gasteiger partial charge in [0.15, 0.2) is 0 Å². The van der Waals surface area contributed by atoms with Crippen LogP contribution in [0.25, 0.3) is 0 Å². The van der Waals surface area contributed by atoms with Gasteiger partial charge in [-0.3, -0.25) is 4.79 Å². The number of hydrogen-bond donors (Lipinski definition) is 1. The van der Waals surface area contributed by atoms with Crippen molar-refractivity contribution in [2.75, 3.05) is 0 Å². The van der Waals surface area contributed by atoms with Crippen molar-refractivity contribution in [1.82, 2.24) is 0 Å². The molecule has 0 spiro atoms. The molecule has 0 heterocycles. The predicted octanol–water partition coefficient (Wildman–Crippen LogP) is 15.5. The van der Waals surface area contributed by atoms with Gasteiger partial charge in [-0.1, -0.05) is 225 Å². The monoisotopic (exact) mass is 619 g/mol. The topological polar surface area (TPSA) is 37.3 Å². The van der Waals surface area contributed by atoms with Gasteiger partial charge in [-0.2, -0.15) is 0 Å². The molecule has 262 valence electrons. The van der Waals surface area contributed by atoms with E-state index in [4.69, 9.17) is 5.11 Å². The average molecular weight is 619 g/mol. The van der Waals surface area contributed by atoms with E-state index in [9.17, 15) is 4.79 Å². The van der Waals surface area contributed by atoms with Crippen molar-refractivity contribution in [3.63, 3.8) is 0 Å². The summed E-state index contributed by atoms with van der Waals surface area (Å²) in [6.07, 6.45) is 56.9. The normalized spacial score (nSPS) is 11.7. The van der Waals surface area contributed by atoms with Crippen molar-refractivity contribution in [3.05, 3.63) is 12.2 Å². The zero-order valence-corrected chi connectivity index (χ0v) is 30.4. The van der Waals surface area contributed by atoms with Crippen LogP contribution in [0.4, 0.5) is 0 Å². The molecule has 0 aliphatic rings. The van der Waals surface area contributed by atoms with Gasteiger partial charge in [0.2, 0.25) is 0 Å². The van der Waals surface area contributed by atoms with Crippen LogP contribution in [0.1, 0.15) is 251 Å². The lowest BCUT2D eigenvalue weighted by molar-refractivity contribution is -0.137. The summed E-state index contributed by atoms with van der Waals surface area (Å²) in [6, 6.07) is 0. The van der Waals surface area contributed by atoms with Gasteiger partial charge >= 0.3 is 5.97 Å². The summed E-state index contributed by atoms with van der Waals surface area (Å²) in [5, 5.41) is 8.64. The van der Waals surface area contributed by atoms with Crippen molar-refractivity contribution in [1.29, 1.82) is 0 Å². The lowest BCUT2D eigenvalue weighted by Gasteiger charge is -2.04. The molecule has 0 unspecified atom stereocenters. The number of rotatable bonds is 39. The van der Waals surface area contributed by atoms with Gasteiger partial charge < -0.3 is 5.11 Å². The number of aliphatic carboxylic acids is 1. The Labute approximate surface area is 278 Å². The van der Waals surface area contributed by atoms with Crippen LogP contribution in [0, 0.1) is 0 Å². The van der Waals surface area contributed by atoms with E-state index < -0.39 is 5.97 Å². The minimum Gasteiger partial charge on any atom is -0.481 e. The molecule has 0 atom stereocenters. The number of carbonyl (C=O) groups is 1. The second-order valence-corrected chi connectivity index (χ2v) is 14.2. The quantitative estimate of drug-likeness (QED) is 0.0549. The average Bonchev–Trinajstić information content (AvgIpc) is 3.02. The van der Waals surface area contributed by atoms with Gasteiger partial charge in [0.1, 0.15) is 0 Å². The highest BCUT2D eigenvalue weighted by molar-refractivity contribution is 5.66. The van der Waals surface area contributed by atoms with E-state index in [-0.39, 0.29) is 0 Å². The zero-order chi connectivity index (χ0) is 31.9. The van der Waals surface area contributed by atoms with Crippen molar-refractivity contribution >= 4 is 5.97 Å². The number of carboxylic acids is 1. The Balaban J connectivity index is 3.07. The third kappa shape index (κ3) is 41.2. The fourth-order valence-corrected chi connectivity index (χ4v) is 6.59. The number of unbranched alkanes of at least 4 members (excludes halogenated alkanes) is 35. The van der Waals surface area contributed by atoms with E-state index in [1.165, 1.54) is 225 Å².